The number of anilines is 1. The number of amides is 1. The van der Waals surface area contributed by atoms with E-state index in [1.807, 2.05) is 13.0 Å². The summed E-state index contributed by atoms with van der Waals surface area (Å²) in [5.74, 6) is 6.88. The Hall–Kier alpha value is -2.74. The zero-order chi connectivity index (χ0) is 18.1. The van der Waals surface area contributed by atoms with Crippen LogP contribution in [0.3, 0.4) is 0 Å². The molecular formula is C18H19N5O2S. The van der Waals surface area contributed by atoms with Gasteiger partial charge in [0.2, 0.25) is 16.9 Å². The Bertz CT molecular complexity index is 935. The average Bonchev–Trinajstić information content (AvgIpc) is 3.36. The summed E-state index contributed by atoms with van der Waals surface area (Å²) in [6.45, 7) is 1.81. The van der Waals surface area contributed by atoms with Crippen molar-refractivity contribution in [2.45, 2.75) is 36.6 Å². The zero-order valence-corrected chi connectivity index (χ0v) is 15.1. The fourth-order valence-electron chi connectivity index (χ4n) is 3.04. The molecule has 1 aliphatic carbocycles. The van der Waals surface area contributed by atoms with Gasteiger partial charge >= 0.3 is 0 Å². The van der Waals surface area contributed by atoms with Crippen molar-refractivity contribution in [3.8, 4) is 11.6 Å². The third-order valence-corrected chi connectivity index (χ3v) is 5.48. The van der Waals surface area contributed by atoms with Crippen LogP contribution in [-0.4, -0.2) is 26.0 Å². The molecule has 4 rings (SSSR count). The summed E-state index contributed by atoms with van der Waals surface area (Å²) in [4.78, 5) is 12.5. The van der Waals surface area contributed by atoms with Crippen LogP contribution in [0.15, 0.2) is 46.2 Å². The van der Waals surface area contributed by atoms with Crippen molar-refractivity contribution < 1.29 is 9.21 Å². The maximum Gasteiger partial charge on any atom is 0.237 e. The first-order valence-electron chi connectivity index (χ1n) is 8.45. The lowest BCUT2D eigenvalue weighted by Gasteiger charge is -2.12. The number of benzene rings is 1. The van der Waals surface area contributed by atoms with Gasteiger partial charge in [0.15, 0.2) is 5.76 Å². The Labute approximate surface area is 154 Å². The maximum absolute atomic E-state index is 12.5. The number of nitrogens with two attached hydrogens (primary N) is 1. The highest BCUT2D eigenvalue weighted by molar-refractivity contribution is 8.00. The Morgan fingerprint density at radius 1 is 1.31 bits per heavy atom. The number of thioether (sulfide) groups is 1. The Kier molecular flexibility index (Phi) is 4.42. The minimum atomic E-state index is -0.376. The van der Waals surface area contributed by atoms with E-state index in [1.54, 1.807) is 18.4 Å². The van der Waals surface area contributed by atoms with Crippen molar-refractivity contribution in [3.05, 3.63) is 47.7 Å². The fraction of sp³-hybridized carbons (Fsp3) is 0.278. The summed E-state index contributed by atoms with van der Waals surface area (Å²) in [5.41, 5.74) is 3.54. The van der Waals surface area contributed by atoms with E-state index in [1.165, 1.54) is 34.0 Å². The van der Waals surface area contributed by atoms with Crippen LogP contribution in [0.2, 0.25) is 0 Å². The fourth-order valence-corrected chi connectivity index (χ4v) is 3.81. The number of nitrogen functional groups attached to an aromatic ring is 1. The van der Waals surface area contributed by atoms with Gasteiger partial charge in [0, 0.05) is 5.69 Å². The molecular weight excluding hydrogens is 350 g/mol. The molecule has 0 unspecified atom stereocenters. The molecule has 1 amide bonds. The van der Waals surface area contributed by atoms with E-state index in [9.17, 15) is 4.79 Å². The smallest absolute Gasteiger partial charge is 0.237 e. The Balaban J connectivity index is 1.43. The zero-order valence-electron chi connectivity index (χ0n) is 14.3. The van der Waals surface area contributed by atoms with Gasteiger partial charge in [-0.2, -0.15) is 0 Å². The second-order valence-electron chi connectivity index (χ2n) is 6.24. The maximum atomic E-state index is 12.5. The van der Waals surface area contributed by atoms with Crippen molar-refractivity contribution in [2.24, 2.45) is 0 Å². The van der Waals surface area contributed by atoms with Crippen LogP contribution in [0.25, 0.3) is 11.6 Å². The number of rotatable bonds is 5. The third kappa shape index (κ3) is 3.20. The molecule has 0 aliphatic heterocycles. The van der Waals surface area contributed by atoms with E-state index in [0.717, 1.165) is 18.5 Å². The molecule has 0 saturated heterocycles. The summed E-state index contributed by atoms with van der Waals surface area (Å²) in [5, 5.41) is 11.1. The number of hydrogen-bond acceptors (Lipinski definition) is 6. The van der Waals surface area contributed by atoms with Crippen molar-refractivity contribution in [2.75, 3.05) is 11.2 Å². The largest absolute Gasteiger partial charge is 0.461 e. The molecule has 8 heteroatoms. The molecule has 134 valence electrons. The summed E-state index contributed by atoms with van der Waals surface area (Å²) in [6.07, 6.45) is 4.93. The summed E-state index contributed by atoms with van der Waals surface area (Å²) in [7, 11) is 0. The number of furan rings is 1. The number of aryl methyl sites for hydroxylation is 2. The molecule has 2 aromatic heterocycles. The monoisotopic (exact) mass is 369 g/mol. The van der Waals surface area contributed by atoms with Gasteiger partial charge < -0.3 is 15.6 Å². The highest BCUT2D eigenvalue weighted by Crippen LogP contribution is 2.27. The van der Waals surface area contributed by atoms with E-state index in [-0.39, 0.29) is 11.2 Å². The van der Waals surface area contributed by atoms with Crippen LogP contribution in [0.4, 0.5) is 5.69 Å². The molecule has 3 N–H and O–H groups in total. The van der Waals surface area contributed by atoms with Gasteiger partial charge in [0.05, 0.1) is 11.5 Å². The van der Waals surface area contributed by atoms with E-state index in [0.29, 0.717) is 16.7 Å². The van der Waals surface area contributed by atoms with Crippen LogP contribution < -0.4 is 11.2 Å². The second kappa shape index (κ2) is 6.87. The molecule has 0 bridgehead atoms. The van der Waals surface area contributed by atoms with Crippen LogP contribution >= 0.6 is 11.8 Å². The predicted molar refractivity (Wildman–Crippen MR) is 100 cm³/mol. The van der Waals surface area contributed by atoms with Gasteiger partial charge in [-0.3, -0.25) is 4.79 Å². The van der Waals surface area contributed by atoms with Crippen molar-refractivity contribution >= 4 is 23.4 Å². The number of nitrogens with zero attached hydrogens (tertiary/aromatic N) is 3. The quantitative estimate of drug-likeness (QED) is 0.530. The van der Waals surface area contributed by atoms with Gasteiger partial charge in [0.1, 0.15) is 0 Å². The number of carbonyl (C=O) groups excluding carboxylic acids is 1. The normalized spacial score (nSPS) is 14.2. The van der Waals surface area contributed by atoms with Crippen molar-refractivity contribution in [3.63, 3.8) is 0 Å². The van der Waals surface area contributed by atoms with Crippen molar-refractivity contribution in [1.29, 1.82) is 0 Å². The highest BCUT2D eigenvalue weighted by atomic mass is 32.2. The molecule has 0 radical (unpaired) electrons. The summed E-state index contributed by atoms with van der Waals surface area (Å²) < 4.78 is 6.63. The first-order chi connectivity index (χ1) is 12.6. The molecule has 26 heavy (non-hydrogen) atoms. The number of fused-ring (bicyclic) bond motifs is 1. The molecule has 7 nitrogen and oxygen atoms in total. The topological polar surface area (TPSA) is 99.0 Å². The first-order valence-corrected chi connectivity index (χ1v) is 9.33. The SMILES string of the molecule is C[C@@H](Sc1nnc(-c2ccco2)n1N)C(=O)Nc1ccc2c(c1)CCC2. The van der Waals surface area contributed by atoms with Crippen LogP contribution in [0.5, 0.6) is 0 Å². The van der Waals surface area contributed by atoms with E-state index in [4.69, 9.17) is 10.3 Å². The lowest BCUT2D eigenvalue weighted by Crippen LogP contribution is -2.23. The summed E-state index contributed by atoms with van der Waals surface area (Å²) >= 11 is 1.25. The minimum Gasteiger partial charge on any atom is -0.461 e. The lowest BCUT2D eigenvalue weighted by atomic mass is 10.1. The molecule has 0 spiro atoms. The number of nitrogens with one attached hydrogen (secondary N) is 1. The average molecular weight is 369 g/mol. The second-order valence-corrected chi connectivity index (χ2v) is 7.55. The van der Waals surface area contributed by atoms with E-state index >= 15 is 0 Å². The number of hydrogen-bond donors (Lipinski definition) is 2. The van der Waals surface area contributed by atoms with E-state index in [2.05, 4.69) is 27.6 Å². The van der Waals surface area contributed by atoms with Gasteiger partial charge in [0.25, 0.3) is 0 Å². The van der Waals surface area contributed by atoms with E-state index < -0.39 is 0 Å². The van der Waals surface area contributed by atoms with Gasteiger partial charge in [-0.15, -0.1) is 10.2 Å². The van der Waals surface area contributed by atoms with Crippen molar-refractivity contribution in [1.82, 2.24) is 14.9 Å². The molecule has 0 saturated carbocycles. The Morgan fingerprint density at radius 2 is 2.15 bits per heavy atom. The highest BCUT2D eigenvalue weighted by Gasteiger charge is 2.21. The molecule has 0 fully saturated rings. The van der Waals surface area contributed by atoms with Crippen LogP contribution in [-0.2, 0) is 17.6 Å². The lowest BCUT2D eigenvalue weighted by molar-refractivity contribution is -0.115. The van der Waals surface area contributed by atoms with Gasteiger partial charge in [-0.05, 0) is 61.6 Å². The Morgan fingerprint density at radius 3 is 2.96 bits per heavy atom. The first kappa shape index (κ1) is 16.7. The van der Waals surface area contributed by atoms with Gasteiger partial charge in [-0.1, -0.05) is 17.8 Å². The number of aromatic nitrogens is 3. The molecule has 1 atom stereocenters. The summed E-state index contributed by atoms with van der Waals surface area (Å²) in [6, 6.07) is 9.63. The third-order valence-electron chi connectivity index (χ3n) is 4.42. The van der Waals surface area contributed by atoms with Crippen LogP contribution in [0.1, 0.15) is 24.5 Å². The molecule has 3 aromatic rings. The number of carbonyl (C=O) groups is 1. The molecule has 1 aromatic carbocycles. The van der Waals surface area contributed by atoms with Gasteiger partial charge in [-0.25, -0.2) is 4.68 Å². The minimum absolute atomic E-state index is 0.101. The van der Waals surface area contributed by atoms with Crippen LogP contribution in [0, 0.1) is 0 Å². The standard InChI is InChI=1S/C18H19N5O2S/c1-11(17(24)20-14-8-7-12-4-2-5-13(12)10-14)26-18-22-21-16(23(18)19)15-6-3-9-25-15/h3,6-11H,2,4-5,19H2,1H3,(H,20,24)/t11-/m1/s1. The molecule has 1 aliphatic rings. The molecule has 2 heterocycles. The predicted octanol–water partition coefficient (Wildman–Crippen LogP) is 2.86.